The lowest BCUT2D eigenvalue weighted by Crippen LogP contribution is -1.81. The molecule has 0 N–H and O–H groups in total. The topological polar surface area (TPSA) is 9.23 Å². The Bertz CT molecular complexity index is 27.3. The van der Waals surface area contributed by atoms with Gasteiger partial charge in [-0.15, -0.1) is 0 Å². The minimum atomic E-state index is 1.05. The summed E-state index contributed by atoms with van der Waals surface area (Å²) in [6.45, 7) is 1.82. The van der Waals surface area contributed by atoms with Crippen LogP contribution in [0.15, 0.2) is 0 Å². The van der Waals surface area contributed by atoms with Gasteiger partial charge in [0.05, 0.1) is 6.61 Å². The fraction of sp³-hybridized carbons (Fsp3) is 0.800. The maximum absolute atomic E-state index is 4.71. The highest BCUT2D eigenvalue weighted by atomic mass is 32.2. The molecular formula is C5H11OS. The van der Waals surface area contributed by atoms with Crippen LogP contribution in [-0.2, 0) is 4.74 Å². The molecule has 0 bridgehead atoms. The van der Waals surface area contributed by atoms with Gasteiger partial charge in [-0.05, 0) is 18.4 Å². The quantitative estimate of drug-likeness (QED) is 0.519. The molecule has 0 aliphatic carbocycles. The van der Waals surface area contributed by atoms with E-state index in [1.165, 1.54) is 0 Å². The first-order valence-electron chi connectivity index (χ1n) is 2.25. The Morgan fingerprint density at radius 3 is 2.86 bits per heavy atom. The summed E-state index contributed by atoms with van der Waals surface area (Å²) in [4.78, 5) is 0. The highest BCUT2D eigenvalue weighted by Crippen LogP contribution is 1.96. The minimum Gasteiger partial charge on any atom is -0.379 e. The smallest absolute Gasteiger partial charge is 0.0840 e. The summed E-state index contributed by atoms with van der Waals surface area (Å²) in [5.74, 6) is 1.16. The molecule has 1 nitrogen and oxygen atoms in total. The van der Waals surface area contributed by atoms with Crippen LogP contribution in [0.25, 0.3) is 0 Å². The first-order valence-corrected chi connectivity index (χ1v) is 3.64. The predicted octanol–water partition coefficient (Wildman–Crippen LogP) is 1.55. The predicted molar refractivity (Wildman–Crippen MR) is 34.3 cm³/mol. The third-order valence-corrected chi connectivity index (χ3v) is 1.25. The van der Waals surface area contributed by atoms with Crippen LogP contribution in [0.1, 0.15) is 6.42 Å². The molecule has 0 atom stereocenters. The molecule has 0 saturated carbocycles. The van der Waals surface area contributed by atoms with Crippen LogP contribution in [0.3, 0.4) is 0 Å². The summed E-state index contributed by atoms with van der Waals surface area (Å²) >= 11 is 1.83. The maximum atomic E-state index is 4.71. The molecule has 0 unspecified atom stereocenters. The van der Waals surface area contributed by atoms with E-state index < -0.39 is 0 Å². The van der Waals surface area contributed by atoms with Gasteiger partial charge in [0, 0.05) is 7.11 Å². The van der Waals surface area contributed by atoms with Crippen molar-refractivity contribution in [2.75, 3.05) is 19.1 Å². The van der Waals surface area contributed by atoms with Gasteiger partial charge < -0.3 is 4.74 Å². The van der Waals surface area contributed by atoms with Gasteiger partial charge in [-0.25, -0.2) is 0 Å². The van der Waals surface area contributed by atoms with Crippen molar-refractivity contribution in [3.63, 3.8) is 0 Å². The Balaban J connectivity index is 2.45. The Labute approximate surface area is 49.4 Å². The van der Waals surface area contributed by atoms with Crippen LogP contribution in [0.2, 0.25) is 0 Å². The molecule has 0 aromatic heterocycles. The third kappa shape index (κ3) is 6.31. The molecule has 0 fully saturated rings. The van der Waals surface area contributed by atoms with E-state index in [1.54, 1.807) is 7.11 Å². The van der Waals surface area contributed by atoms with Gasteiger partial charge in [-0.2, -0.15) is 11.8 Å². The maximum Gasteiger partial charge on any atom is 0.0840 e. The number of methoxy groups -OCH3 is 1. The second-order valence-electron chi connectivity index (χ2n) is 1.18. The van der Waals surface area contributed by atoms with Crippen molar-refractivity contribution in [1.29, 1.82) is 0 Å². The van der Waals surface area contributed by atoms with Crippen LogP contribution in [0, 0.1) is 6.61 Å². The molecule has 0 aromatic rings. The summed E-state index contributed by atoms with van der Waals surface area (Å²) in [5.41, 5.74) is 0. The van der Waals surface area contributed by atoms with E-state index in [9.17, 15) is 0 Å². The zero-order chi connectivity index (χ0) is 5.54. The number of ether oxygens (including phenoxy) is 1. The van der Waals surface area contributed by atoms with Gasteiger partial charge in [0.1, 0.15) is 0 Å². The molecule has 43 valence electrons. The normalized spacial score (nSPS) is 9.43. The van der Waals surface area contributed by atoms with Crippen LogP contribution < -0.4 is 0 Å². The second-order valence-corrected chi connectivity index (χ2v) is 2.17. The second kappa shape index (κ2) is 6.31. The SMILES string of the molecule is CO[CH]CCSC. The van der Waals surface area contributed by atoms with Gasteiger partial charge in [0.25, 0.3) is 0 Å². The van der Waals surface area contributed by atoms with Crippen LogP contribution >= 0.6 is 11.8 Å². The molecule has 0 aromatic carbocycles. The number of hydrogen-bond acceptors (Lipinski definition) is 2. The Morgan fingerprint density at radius 1 is 1.71 bits per heavy atom. The van der Waals surface area contributed by atoms with E-state index in [4.69, 9.17) is 4.74 Å². The first-order chi connectivity index (χ1) is 3.41. The Morgan fingerprint density at radius 2 is 2.43 bits per heavy atom. The Hall–Kier alpha value is 0.310. The lowest BCUT2D eigenvalue weighted by Gasteiger charge is -1.91. The van der Waals surface area contributed by atoms with Gasteiger partial charge in [-0.1, -0.05) is 0 Å². The highest BCUT2D eigenvalue weighted by Gasteiger charge is 1.81. The van der Waals surface area contributed by atoms with E-state index >= 15 is 0 Å². The molecule has 2 heteroatoms. The molecule has 1 radical (unpaired) electrons. The minimum absolute atomic E-state index is 1.05. The Kier molecular flexibility index (Phi) is 6.59. The molecule has 7 heavy (non-hydrogen) atoms. The average molecular weight is 119 g/mol. The highest BCUT2D eigenvalue weighted by molar-refractivity contribution is 7.98. The number of rotatable bonds is 4. The number of thioether (sulfide) groups is 1. The average Bonchev–Trinajstić information content (AvgIpc) is 1.69. The lowest BCUT2D eigenvalue weighted by atomic mass is 10.5. The lowest BCUT2D eigenvalue weighted by molar-refractivity contribution is 0.270. The van der Waals surface area contributed by atoms with Crippen molar-refractivity contribution in [3.05, 3.63) is 6.61 Å². The largest absolute Gasteiger partial charge is 0.379 e. The van der Waals surface area contributed by atoms with Crippen LogP contribution in [0.4, 0.5) is 0 Å². The molecule has 0 aliphatic rings. The summed E-state index contributed by atoms with van der Waals surface area (Å²) < 4.78 is 4.71. The zero-order valence-corrected chi connectivity index (χ0v) is 5.62. The van der Waals surface area contributed by atoms with Crippen molar-refractivity contribution in [2.45, 2.75) is 6.42 Å². The molecule has 0 aliphatic heterocycles. The van der Waals surface area contributed by atoms with E-state index in [0.717, 1.165) is 12.2 Å². The number of hydrogen-bond donors (Lipinski definition) is 0. The monoisotopic (exact) mass is 119 g/mol. The van der Waals surface area contributed by atoms with E-state index in [0.29, 0.717) is 0 Å². The molecule has 0 spiro atoms. The van der Waals surface area contributed by atoms with Crippen molar-refractivity contribution in [3.8, 4) is 0 Å². The standard InChI is InChI=1S/C5H11OS/c1-6-4-3-5-7-2/h4H,3,5H2,1-2H3. The molecule has 0 heterocycles. The van der Waals surface area contributed by atoms with Crippen LogP contribution in [-0.4, -0.2) is 19.1 Å². The molecular weight excluding hydrogens is 108 g/mol. The van der Waals surface area contributed by atoms with Crippen molar-refractivity contribution < 1.29 is 4.74 Å². The molecule has 0 saturated heterocycles. The van der Waals surface area contributed by atoms with Crippen molar-refractivity contribution in [2.24, 2.45) is 0 Å². The fourth-order valence-corrected chi connectivity index (χ4v) is 0.616. The van der Waals surface area contributed by atoms with E-state index in [-0.39, 0.29) is 0 Å². The zero-order valence-electron chi connectivity index (χ0n) is 4.81. The van der Waals surface area contributed by atoms with Crippen LogP contribution in [0.5, 0.6) is 0 Å². The first kappa shape index (κ1) is 7.31. The fourth-order valence-electron chi connectivity index (χ4n) is 0.284. The van der Waals surface area contributed by atoms with Crippen molar-refractivity contribution >= 4 is 11.8 Å². The summed E-state index contributed by atoms with van der Waals surface area (Å²) in [6, 6.07) is 0. The summed E-state index contributed by atoms with van der Waals surface area (Å²) in [7, 11) is 1.68. The van der Waals surface area contributed by atoms with Crippen molar-refractivity contribution in [1.82, 2.24) is 0 Å². The summed E-state index contributed by atoms with van der Waals surface area (Å²) in [5, 5.41) is 0. The van der Waals surface area contributed by atoms with Gasteiger partial charge >= 0.3 is 0 Å². The molecule has 0 amide bonds. The van der Waals surface area contributed by atoms with E-state index in [1.807, 2.05) is 18.4 Å². The summed E-state index contributed by atoms with van der Waals surface area (Å²) in [6.07, 6.45) is 3.14. The van der Waals surface area contributed by atoms with E-state index in [2.05, 4.69) is 6.26 Å². The molecule has 0 rings (SSSR count). The van der Waals surface area contributed by atoms with Gasteiger partial charge in [-0.3, -0.25) is 0 Å². The van der Waals surface area contributed by atoms with Gasteiger partial charge in [0.15, 0.2) is 0 Å². The van der Waals surface area contributed by atoms with Gasteiger partial charge in [0.2, 0.25) is 0 Å². The third-order valence-electron chi connectivity index (χ3n) is 0.606.